The molecule has 0 radical (unpaired) electrons. The molecule has 2 aromatic heterocycles. The second-order valence-corrected chi connectivity index (χ2v) is 9.43. The molecule has 0 fully saturated rings. The lowest BCUT2D eigenvalue weighted by Gasteiger charge is -2.33. The van der Waals surface area contributed by atoms with Crippen molar-refractivity contribution in [1.82, 2.24) is 19.9 Å². The number of nitrogens with one attached hydrogen (secondary N) is 1. The van der Waals surface area contributed by atoms with E-state index in [2.05, 4.69) is 36.3 Å². The van der Waals surface area contributed by atoms with E-state index in [9.17, 15) is 4.79 Å². The summed E-state index contributed by atoms with van der Waals surface area (Å²) < 4.78 is 1.70. The Kier molecular flexibility index (Phi) is 5.72. The second-order valence-electron chi connectivity index (χ2n) is 7.64. The van der Waals surface area contributed by atoms with E-state index >= 15 is 0 Å². The minimum absolute atomic E-state index is 0.0425. The van der Waals surface area contributed by atoms with Gasteiger partial charge in [-0.2, -0.15) is 0 Å². The zero-order chi connectivity index (χ0) is 18.1. The Morgan fingerprint density at radius 3 is 2.54 bits per heavy atom. The molecule has 132 valence electrons. The van der Waals surface area contributed by atoms with Gasteiger partial charge in [-0.15, -0.1) is 10.2 Å². The molecule has 1 N–H and O–H groups in total. The molecule has 0 saturated carbocycles. The van der Waals surface area contributed by atoms with E-state index in [4.69, 9.17) is 23.2 Å². The monoisotopic (exact) mass is 388 g/mol. The summed E-state index contributed by atoms with van der Waals surface area (Å²) in [6, 6.07) is 1.61. The lowest BCUT2D eigenvalue weighted by atomic mass is 9.82. The van der Waals surface area contributed by atoms with Crippen LogP contribution in [0, 0.1) is 5.41 Å². The van der Waals surface area contributed by atoms with Gasteiger partial charge in [0.05, 0.1) is 15.8 Å². The van der Waals surface area contributed by atoms with Gasteiger partial charge >= 0.3 is 0 Å². The van der Waals surface area contributed by atoms with Gasteiger partial charge in [0.25, 0.3) is 0 Å². The van der Waals surface area contributed by atoms with Gasteiger partial charge in [-0.05, 0) is 31.7 Å². The Balaban J connectivity index is 2.02. The molecule has 0 atom stereocenters. The summed E-state index contributed by atoms with van der Waals surface area (Å²) in [5, 5.41) is 12.7. The molecule has 0 spiro atoms. The molecule has 0 bridgehead atoms. The molecule has 0 aliphatic heterocycles. The quantitative estimate of drug-likeness (QED) is 0.767. The maximum absolute atomic E-state index is 12.3. The van der Waals surface area contributed by atoms with E-state index in [1.54, 1.807) is 16.7 Å². The third kappa shape index (κ3) is 5.26. The normalized spacial score (nSPS) is 12.6. The first kappa shape index (κ1) is 19.3. The van der Waals surface area contributed by atoms with Crippen LogP contribution in [0.5, 0.6) is 0 Å². The van der Waals surface area contributed by atoms with Crippen LogP contribution in [0.15, 0.2) is 17.4 Å². The SMILES string of the molecule is CC(C)(C)CC(C)(C)NC(=O)CSc1nnc2c(Cl)cc(Cl)cn12. The minimum atomic E-state index is -0.268. The Morgan fingerprint density at radius 2 is 1.92 bits per heavy atom. The molecule has 0 unspecified atom stereocenters. The van der Waals surface area contributed by atoms with E-state index < -0.39 is 0 Å². The van der Waals surface area contributed by atoms with Crippen LogP contribution in [-0.4, -0.2) is 31.8 Å². The molecule has 2 aromatic rings. The number of fused-ring (bicyclic) bond motifs is 1. The van der Waals surface area contributed by atoms with E-state index in [0.717, 1.165) is 6.42 Å². The minimum Gasteiger partial charge on any atom is -0.350 e. The van der Waals surface area contributed by atoms with Crippen LogP contribution >= 0.6 is 35.0 Å². The lowest BCUT2D eigenvalue weighted by Crippen LogP contribution is -2.46. The summed E-state index contributed by atoms with van der Waals surface area (Å²) in [5.41, 5.74) is 0.396. The number of pyridine rings is 1. The van der Waals surface area contributed by atoms with Crippen LogP contribution < -0.4 is 5.32 Å². The predicted octanol–water partition coefficient (Wildman–Crippen LogP) is 4.46. The van der Waals surface area contributed by atoms with Gasteiger partial charge in [0, 0.05) is 11.7 Å². The maximum Gasteiger partial charge on any atom is 0.230 e. The van der Waals surface area contributed by atoms with Crippen molar-refractivity contribution in [2.75, 3.05) is 5.75 Å². The molecular weight excluding hydrogens is 367 g/mol. The highest BCUT2D eigenvalue weighted by atomic mass is 35.5. The molecule has 1 amide bonds. The lowest BCUT2D eigenvalue weighted by molar-refractivity contribution is -0.120. The van der Waals surface area contributed by atoms with Crippen molar-refractivity contribution in [3.05, 3.63) is 22.3 Å². The Bertz CT molecular complexity index is 752. The van der Waals surface area contributed by atoms with Gasteiger partial charge < -0.3 is 5.32 Å². The third-order valence-corrected chi connectivity index (χ3v) is 4.61. The third-order valence-electron chi connectivity index (χ3n) is 3.18. The number of carbonyl (C=O) groups excluding carboxylic acids is 1. The number of hydrogen-bond acceptors (Lipinski definition) is 4. The molecular formula is C16H22Cl2N4OS. The zero-order valence-electron chi connectivity index (χ0n) is 14.5. The van der Waals surface area contributed by atoms with Gasteiger partial charge in [-0.1, -0.05) is 55.7 Å². The molecule has 2 rings (SSSR count). The van der Waals surface area contributed by atoms with Crippen molar-refractivity contribution in [3.8, 4) is 0 Å². The maximum atomic E-state index is 12.3. The molecule has 24 heavy (non-hydrogen) atoms. The summed E-state index contributed by atoms with van der Waals surface area (Å²) in [7, 11) is 0. The summed E-state index contributed by atoms with van der Waals surface area (Å²) in [5.74, 6) is 0.206. The first-order valence-corrected chi connectivity index (χ1v) is 9.35. The molecule has 0 aromatic carbocycles. The Hall–Kier alpha value is -0.980. The smallest absolute Gasteiger partial charge is 0.230 e. The van der Waals surface area contributed by atoms with Gasteiger partial charge in [0.2, 0.25) is 5.91 Å². The fourth-order valence-electron chi connectivity index (χ4n) is 2.91. The Labute approximate surface area is 156 Å². The van der Waals surface area contributed by atoms with Crippen LogP contribution in [0.2, 0.25) is 10.0 Å². The van der Waals surface area contributed by atoms with Crippen LogP contribution in [0.3, 0.4) is 0 Å². The van der Waals surface area contributed by atoms with Crippen molar-refractivity contribution in [2.24, 2.45) is 5.41 Å². The number of hydrogen-bond donors (Lipinski definition) is 1. The van der Waals surface area contributed by atoms with E-state index in [-0.39, 0.29) is 22.6 Å². The number of carbonyl (C=O) groups is 1. The van der Waals surface area contributed by atoms with Gasteiger partial charge in [0.15, 0.2) is 10.8 Å². The molecule has 2 heterocycles. The summed E-state index contributed by atoms with van der Waals surface area (Å²) in [4.78, 5) is 12.3. The number of aromatic nitrogens is 3. The molecule has 5 nitrogen and oxygen atoms in total. The Morgan fingerprint density at radius 1 is 1.25 bits per heavy atom. The first-order chi connectivity index (χ1) is 11.0. The van der Waals surface area contributed by atoms with E-state index in [0.29, 0.717) is 20.8 Å². The average Bonchev–Trinajstić information content (AvgIpc) is 2.75. The van der Waals surface area contributed by atoms with Crippen molar-refractivity contribution >= 4 is 46.5 Å². The van der Waals surface area contributed by atoms with Crippen LogP contribution in [0.25, 0.3) is 5.65 Å². The number of halogens is 2. The largest absolute Gasteiger partial charge is 0.350 e. The van der Waals surface area contributed by atoms with Gasteiger partial charge in [-0.3, -0.25) is 9.20 Å². The fraction of sp³-hybridized carbons (Fsp3) is 0.562. The second kappa shape index (κ2) is 7.10. The van der Waals surface area contributed by atoms with Crippen LogP contribution in [0.4, 0.5) is 0 Å². The van der Waals surface area contributed by atoms with Gasteiger partial charge in [-0.25, -0.2) is 0 Å². The molecule has 8 heteroatoms. The number of rotatable bonds is 5. The number of thioether (sulfide) groups is 1. The summed E-state index contributed by atoms with van der Waals surface area (Å²) >= 11 is 13.4. The average molecular weight is 389 g/mol. The summed E-state index contributed by atoms with van der Waals surface area (Å²) in [6.45, 7) is 10.5. The topological polar surface area (TPSA) is 59.3 Å². The first-order valence-electron chi connectivity index (χ1n) is 7.60. The van der Waals surface area contributed by atoms with Crippen molar-refractivity contribution in [3.63, 3.8) is 0 Å². The van der Waals surface area contributed by atoms with E-state index in [1.165, 1.54) is 11.8 Å². The molecule has 0 aliphatic rings. The molecule has 0 aliphatic carbocycles. The van der Waals surface area contributed by atoms with Crippen molar-refractivity contribution < 1.29 is 4.79 Å². The van der Waals surface area contributed by atoms with Gasteiger partial charge in [0.1, 0.15) is 0 Å². The van der Waals surface area contributed by atoms with E-state index in [1.807, 2.05) is 13.8 Å². The predicted molar refractivity (Wildman–Crippen MR) is 100 cm³/mol. The molecule has 0 saturated heterocycles. The highest BCUT2D eigenvalue weighted by Gasteiger charge is 2.27. The standard InChI is InChI=1S/C16H22Cl2N4OS/c1-15(2,3)9-16(4,5)19-12(23)8-24-14-21-20-13-11(18)6-10(17)7-22(13)14/h6-7H,8-9H2,1-5H3,(H,19,23). The highest BCUT2D eigenvalue weighted by Crippen LogP contribution is 2.28. The zero-order valence-corrected chi connectivity index (χ0v) is 16.8. The highest BCUT2D eigenvalue weighted by molar-refractivity contribution is 7.99. The van der Waals surface area contributed by atoms with Crippen LogP contribution in [0.1, 0.15) is 41.0 Å². The van der Waals surface area contributed by atoms with Crippen molar-refractivity contribution in [1.29, 1.82) is 0 Å². The summed E-state index contributed by atoms with van der Waals surface area (Å²) in [6.07, 6.45) is 2.57. The fourth-order valence-corrected chi connectivity index (χ4v) is 4.13. The van der Waals surface area contributed by atoms with Crippen molar-refractivity contribution in [2.45, 2.75) is 51.7 Å². The van der Waals surface area contributed by atoms with Crippen LogP contribution in [-0.2, 0) is 4.79 Å². The number of amides is 1. The number of nitrogens with zero attached hydrogens (tertiary/aromatic N) is 3.